The lowest BCUT2D eigenvalue weighted by Gasteiger charge is -2.05. The zero-order valence-electron chi connectivity index (χ0n) is 6.88. The molecule has 1 aromatic rings. The summed E-state index contributed by atoms with van der Waals surface area (Å²) in [5.41, 5.74) is 1.11. The molecule has 0 spiro atoms. The van der Waals surface area contributed by atoms with Gasteiger partial charge in [0.15, 0.2) is 0 Å². The highest BCUT2D eigenvalue weighted by Crippen LogP contribution is 2.19. The summed E-state index contributed by atoms with van der Waals surface area (Å²) in [6, 6.07) is 1.96. The molecular formula is C8H11BrN2S. The van der Waals surface area contributed by atoms with Crippen LogP contribution in [-0.4, -0.2) is 23.5 Å². The predicted molar refractivity (Wildman–Crippen MR) is 58.8 cm³/mol. The fraction of sp³-hybridized carbons (Fsp3) is 0.375. The number of nitrogens with one attached hydrogen (secondary N) is 1. The molecule has 0 atom stereocenters. The first-order chi connectivity index (χ1) is 5.84. The largest absolute Gasteiger partial charge is 0.383 e. The van der Waals surface area contributed by atoms with Crippen LogP contribution in [0.4, 0.5) is 5.69 Å². The third-order valence-corrected chi connectivity index (χ3v) is 2.64. The summed E-state index contributed by atoms with van der Waals surface area (Å²) < 4.78 is 1.02. The van der Waals surface area contributed by atoms with E-state index in [2.05, 4.69) is 32.5 Å². The van der Waals surface area contributed by atoms with Gasteiger partial charge in [-0.05, 0) is 28.3 Å². The first-order valence-electron chi connectivity index (χ1n) is 3.67. The lowest BCUT2D eigenvalue weighted by molar-refractivity contribution is 1.20. The van der Waals surface area contributed by atoms with Crippen molar-refractivity contribution in [2.75, 3.05) is 23.9 Å². The van der Waals surface area contributed by atoms with Crippen LogP contribution in [0.15, 0.2) is 22.9 Å². The van der Waals surface area contributed by atoms with Crippen molar-refractivity contribution in [2.45, 2.75) is 0 Å². The van der Waals surface area contributed by atoms with E-state index in [4.69, 9.17) is 0 Å². The zero-order valence-corrected chi connectivity index (χ0v) is 9.28. The van der Waals surface area contributed by atoms with Gasteiger partial charge in [-0.25, -0.2) is 0 Å². The second kappa shape index (κ2) is 5.43. The molecule has 0 amide bonds. The van der Waals surface area contributed by atoms with Crippen molar-refractivity contribution in [2.24, 2.45) is 0 Å². The summed E-state index contributed by atoms with van der Waals surface area (Å²) in [7, 11) is 0. The Hall–Kier alpha value is -0.220. The minimum absolute atomic E-state index is 0.990. The van der Waals surface area contributed by atoms with Crippen molar-refractivity contribution in [1.82, 2.24) is 4.98 Å². The van der Waals surface area contributed by atoms with Crippen molar-refractivity contribution in [3.8, 4) is 0 Å². The molecule has 0 radical (unpaired) electrons. The van der Waals surface area contributed by atoms with E-state index in [1.54, 1.807) is 12.4 Å². The second-order valence-corrected chi connectivity index (χ2v) is 4.12. The van der Waals surface area contributed by atoms with E-state index < -0.39 is 0 Å². The first-order valence-corrected chi connectivity index (χ1v) is 5.85. The van der Waals surface area contributed by atoms with Gasteiger partial charge in [-0.1, -0.05) is 0 Å². The van der Waals surface area contributed by atoms with Gasteiger partial charge in [-0.15, -0.1) is 0 Å². The summed E-state index contributed by atoms with van der Waals surface area (Å²) in [6.45, 7) is 0.990. The molecule has 66 valence electrons. The average Bonchev–Trinajstić information content (AvgIpc) is 2.09. The van der Waals surface area contributed by atoms with Gasteiger partial charge in [0.1, 0.15) is 0 Å². The number of thioether (sulfide) groups is 1. The van der Waals surface area contributed by atoms with Crippen molar-refractivity contribution < 1.29 is 0 Å². The normalized spacial score (nSPS) is 9.83. The maximum absolute atomic E-state index is 3.98. The van der Waals surface area contributed by atoms with Crippen LogP contribution in [0, 0.1) is 0 Å². The zero-order chi connectivity index (χ0) is 8.81. The Bertz CT molecular complexity index is 242. The third-order valence-electron chi connectivity index (χ3n) is 1.39. The predicted octanol–water partition coefficient (Wildman–Crippen LogP) is 2.62. The lowest BCUT2D eigenvalue weighted by Crippen LogP contribution is -2.04. The Morgan fingerprint density at radius 2 is 2.50 bits per heavy atom. The molecule has 1 rings (SSSR count). The summed E-state index contributed by atoms with van der Waals surface area (Å²) in [5.74, 6) is 1.12. The van der Waals surface area contributed by atoms with Gasteiger partial charge in [0.2, 0.25) is 0 Å². The van der Waals surface area contributed by atoms with Crippen molar-refractivity contribution in [1.29, 1.82) is 0 Å². The van der Waals surface area contributed by atoms with Crippen molar-refractivity contribution in [3.63, 3.8) is 0 Å². The van der Waals surface area contributed by atoms with E-state index >= 15 is 0 Å². The quantitative estimate of drug-likeness (QED) is 0.828. The van der Waals surface area contributed by atoms with Crippen LogP contribution >= 0.6 is 27.7 Å². The topological polar surface area (TPSA) is 24.9 Å². The van der Waals surface area contributed by atoms with Crippen LogP contribution < -0.4 is 5.32 Å². The molecule has 0 aliphatic carbocycles. The van der Waals surface area contributed by atoms with Crippen LogP contribution in [0.5, 0.6) is 0 Å². The van der Waals surface area contributed by atoms with Crippen molar-refractivity contribution in [3.05, 3.63) is 22.9 Å². The number of halogens is 1. The standard InChI is InChI=1S/C8H11BrN2S/c1-12-5-4-11-8-2-3-10-6-7(8)9/h2-3,6H,4-5H2,1H3,(H,10,11). The van der Waals surface area contributed by atoms with E-state index in [1.807, 2.05) is 17.8 Å². The molecule has 1 aromatic heterocycles. The lowest BCUT2D eigenvalue weighted by atomic mass is 10.4. The van der Waals surface area contributed by atoms with Crippen LogP contribution in [0.25, 0.3) is 0 Å². The minimum atomic E-state index is 0.990. The SMILES string of the molecule is CSCCNc1ccncc1Br. The van der Waals surface area contributed by atoms with Gasteiger partial charge in [0.05, 0.1) is 10.2 Å². The van der Waals surface area contributed by atoms with Gasteiger partial charge >= 0.3 is 0 Å². The molecule has 0 saturated carbocycles. The molecule has 2 nitrogen and oxygen atoms in total. The Morgan fingerprint density at radius 1 is 1.67 bits per heavy atom. The average molecular weight is 247 g/mol. The van der Waals surface area contributed by atoms with Gasteiger partial charge < -0.3 is 5.32 Å². The fourth-order valence-electron chi connectivity index (χ4n) is 0.806. The number of rotatable bonds is 4. The Kier molecular flexibility index (Phi) is 4.46. The van der Waals surface area contributed by atoms with Crippen LogP contribution in [0.2, 0.25) is 0 Å². The Morgan fingerprint density at radius 3 is 3.17 bits per heavy atom. The Balaban J connectivity index is 2.46. The van der Waals surface area contributed by atoms with E-state index in [0.29, 0.717) is 0 Å². The first kappa shape index (κ1) is 9.86. The highest BCUT2D eigenvalue weighted by molar-refractivity contribution is 9.10. The fourth-order valence-corrected chi connectivity index (χ4v) is 1.50. The monoisotopic (exact) mass is 246 g/mol. The van der Waals surface area contributed by atoms with E-state index in [-0.39, 0.29) is 0 Å². The van der Waals surface area contributed by atoms with Gasteiger partial charge in [0, 0.05) is 24.7 Å². The third kappa shape index (κ3) is 3.03. The number of pyridine rings is 1. The molecule has 4 heteroatoms. The highest BCUT2D eigenvalue weighted by atomic mass is 79.9. The van der Waals surface area contributed by atoms with E-state index in [0.717, 1.165) is 22.5 Å². The smallest absolute Gasteiger partial charge is 0.0590 e. The second-order valence-electron chi connectivity index (χ2n) is 2.28. The molecule has 0 fully saturated rings. The summed E-state index contributed by atoms with van der Waals surface area (Å²) >= 11 is 5.25. The minimum Gasteiger partial charge on any atom is -0.383 e. The number of aromatic nitrogens is 1. The molecule has 0 aliphatic rings. The van der Waals surface area contributed by atoms with Gasteiger partial charge in [0.25, 0.3) is 0 Å². The molecule has 0 aromatic carbocycles. The van der Waals surface area contributed by atoms with E-state index in [1.165, 1.54) is 0 Å². The number of anilines is 1. The molecule has 0 aliphatic heterocycles. The number of hydrogen-bond acceptors (Lipinski definition) is 3. The van der Waals surface area contributed by atoms with Crippen LogP contribution in [-0.2, 0) is 0 Å². The van der Waals surface area contributed by atoms with Crippen LogP contribution in [0.3, 0.4) is 0 Å². The molecular weight excluding hydrogens is 236 g/mol. The summed E-state index contributed by atoms with van der Waals surface area (Å²) in [4.78, 5) is 3.98. The number of hydrogen-bond donors (Lipinski definition) is 1. The number of nitrogens with zero attached hydrogens (tertiary/aromatic N) is 1. The molecule has 12 heavy (non-hydrogen) atoms. The Labute approximate surface area is 85.3 Å². The molecule has 0 saturated heterocycles. The summed E-state index contributed by atoms with van der Waals surface area (Å²) in [6.07, 6.45) is 5.68. The molecule has 0 bridgehead atoms. The maximum Gasteiger partial charge on any atom is 0.0590 e. The molecule has 1 heterocycles. The van der Waals surface area contributed by atoms with Gasteiger partial charge in [-0.3, -0.25) is 4.98 Å². The van der Waals surface area contributed by atoms with Gasteiger partial charge in [-0.2, -0.15) is 11.8 Å². The van der Waals surface area contributed by atoms with Crippen LogP contribution in [0.1, 0.15) is 0 Å². The van der Waals surface area contributed by atoms with Crippen molar-refractivity contribution >= 4 is 33.4 Å². The van der Waals surface area contributed by atoms with E-state index in [9.17, 15) is 0 Å². The molecule has 0 unspecified atom stereocenters. The summed E-state index contributed by atoms with van der Waals surface area (Å²) in [5, 5.41) is 3.31. The molecule has 1 N–H and O–H groups in total. The maximum atomic E-state index is 3.98. The highest BCUT2D eigenvalue weighted by Gasteiger charge is 1.95.